The minimum atomic E-state index is -1.20. The highest BCUT2D eigenvalue weighted by Gasteiger charge is 2.30. The van der Waals surface area contributed by atoms with Crippen molar-refractivity contribution >= 4 is 17.9 Å². The number of nitrogens with one attached hydrogen (secondary N) is 1. The summed E-state index contributed by atoms with van der Waals surface area (Å²) in [5, 5.41) is 20.5. The van der Waals surface area contributed by atoms with Gasteiger partial charge in [0.05, 0.1) is 6.10 Å². The molecule has 0 spiro atoms. The average molecular weight is 287 g/mol. The Labute approximate surface area is 116 Å². The monoisotopic (exact) mass is 287 g/mol. The van der Waals surface area contributed by atoms with Gasteiger partial charge in [-0.25, -0.2) is 9.59 Å². The molecule has 0 bridgehead atoms. The van der Waals surface area contributed by atoms with E-state index in [2.05, 4.69) is 5.32 Å². The molecule has 8 nitrogen and oxygen atoms in total. The summed E-state index contributed by atoms with van der Waals surface area (Å²) in [5.41, 5.74) is 4.96. The number of aliphatic carboxylic acids is 1. The third-order valence-electron chi connectivity index (χ3n) is 3.36. The van der Waals surface area contributed by atoms with Crippen molar-refractivity contribution in [3.63, 3.8) is 0 Å². The number of nitrogens with zero attached hydrogens (tertiary/aromatic N) is 1. The number of hydrogen-bond donors (Lipinski definition) is 4. The predicted octanol–water partition coefficient (Wildman–Crippen LogP) is -0.883. The van der Waals surface area contributed by atoms with Gasteiger partial charge in [-0.15, -0.1) is 0 Å². The van der Waals surface area contributed by atoms with Gasteiger partial charge in [0, 0.05) is 20.0 Å². The van der Waals surface area contributed by atoms with Crippen molar-refractivity contribution in [1.29, 1.82) is 0 Å². The molecule has 1 aliphatic rings. The summed E-state index contributed by atoms with van der Waals surface area (Å²) in [4.78, 5) is 34.9. The molecule has 5 N–H and O–H groups in total. The van der Waals surface area contributed by atoms with E-state index in [1.165, 1.54) is 4.90 Å². The van der Waals surface area contributed by atoms with Crippen LogP contribution in [0, 0.1) is 5.92 Å². The lowest BCUT2D eigenvalue weighted by molar-refractivity contribution is -0.139. The summed E-state index contributed by atoms with van der Waals surface area (Å²) < 4.78 is 0. The van der Waals surface area contributed by atoms with Crippen molar-refractivity contribution in [2.45, 2.75) is 37.8 Å². The van der Waals surface area contributed by atoms with Gasteiger partial charge in [-0.1, -0.05) is 0 Å². The maximum atomic E-state index is 11.8. The number of carboxylic acid groups (broad SMARTS) is 1. The molecule has 0 aromatic heterocycles. The Bertz CT molecular complexity index is 381. The van der Waals surface area contributed by atoms with Gasteiger partial charge in [-0.3, -0.25) is 4.79 Å². The molecule has 1 atom stereocenters. The van der Waals surface area contributed by atoms with Crippen LogP contribution in [-0.4, -0.2) is 58.8 Å². The van der Waals surface area contributed by atoms with Crippen LogP contribution in [-0.2, 0) is 9.59 Å². The molecule has 0 aromatic rings. The van der Waals surface area contributed by atoms with E-state index in [1.54, 1.807) is 7.05 Å². The number of aliphatic hydroxyl groups excluding tert-OH is 1. The predicted molar refractivity (Wildman–Crippen MR) is 69.7 cm³/mol. The van der Waals surface area contributed by atoms with E-state index in [0.717, 1.165) is 0 Å². The number of primary amides is 1. The topological polar surface area (TPSA) is 133 Å². The van der Waals surface area contributed by atoms with Gasteiger partial charge in [-0.05, 0) is 25.2 Å². The van der Waals surface area contributed by atoms with E-state index >= 15 is 0 Å². The molecular weight excluding hydrogens is 266 g/mol. The zero-order valence-corrected chi connectivity index (χ0v) is 11.4. The van der Waals surface area contributed by atoms with E-state index in [-0.39, 0.29) is 24.9 Å². The zero-order chi connectivity index (χ0) is 15.3. The van der Waals surface area contributed by atoms with Gasteiger partial charge in [0.1, 0.15) is 6.04 Å². The summed E-state index contributed by atoms with van der Waals surface area (Å²) in [6.45, 7) is 0.463. The SMILES string of the molecule is CN(CC1CC(O)C1)C(=O)NC(CCC(N)=O)C(=O)O. The summed E-state index contributed by atoms with van der Waals surface area (Å²) in [6, 6.07) is -1.65. The minimum absolute atomic E-state index is 0.0353. The first-order valence-corrected chi connectivity index (χ1v) is 6.50. The van der Waals surface area contributed by atoms with Gasteiger partial charge in [0.2, 0.25) is 5.91 Å². The number of amides is 3. The standard InChI is InChI=1S/C12H21N3O5/c1-15(6-7-4-8(16)5-7)12(20)14-9(11(18)19)2-3-10(13)17/h7-9,16H,2-6H2,1H3,(H2,13,17)(H,14,20)(H,18,19). The lowest BCUT2D eigenvalue weighted by Gasteiger charge is -2.34. The van der Waals surface area contributed by atoms with Crippen LogP contribution >= 0.6 is 0 Å². The molecule has 1 saturated carbocycles. The molecule has 1 fully saturated rings. The largest absolute Gasteiger partial charge is 0.480 e. The molecule has 1 unspecified atom stereocenters. The van der Waals surface area contributed by atoms with Gasteiger partial charge in [-0.2, -0.15) is 0 Å². The highest BCUT2D eigenvalue weighted by Crippen LogP contribution is 2.27. The third kappa shape index (κ3) is 5.04. The van der Waals surface area contributed by atoms with Crippen LogP contribution < -0.4 is 11.1 Å². The molecule has 1 aliphatic carbocycles. The maximum Gasteiger partial charge on any atom is 0.326 e. The van der Waals surface area contributed by atoms with Crippen molar-refractivity contribution in [1.82, 2.24) is 10.2 Å². The molecule has 3 amide bonds. The Morgan fingerprint density at radius 1 is 1.40 bits per heavy atom. The number of urea groups is 1. The van der Waals surface area contributed by atoms with Gasteiger partial charge in [0.15, 0.2) is 0 Å². The fourth-order valence-electron chi connectivity index (χ4n) is 2.12. The molecule has 0 aliphatic heterocycles. The normalized spacial score (nSPS) is 22.5. The second kappa shape index (κ2) is 7.09. The van der Waals surface area contributed by atoms with Crippen molar-refractivity contribution in [3.8, 4) is 0 Å². The maximum absolute atomic E-state index is 11.8. The summed E-state index contributed by atoms with van der Waals surface area (Å²) >= 11 is 0. The number of rotatable bonds is 7. The number of nitrogens with two attached hydrogens (primary N) is 1. The summed E-state index contributed by atoms with van der Waals surface area (Å²) in [5.74, 6) is -1.57. The van der Waals surface area contributed by atoms with E-state index in [0.29, 0.717) is 19.4 Å². The van der Waals surface area contributed by atoms with Crippen LogP contribution in [0.15, 0.2) is 0 Å². The molecule has 1 rings (SSSR count). The molecular formula is C12H21N3O5. The van der Waals surface area contributed by atoms with E-state index in [9.17, 15) is 14.4 Å². The van der Waals surface area contributed by atoms with Crippen molar-refractivity contribution in [3.05, 3.63) is 0 Å². The zero-order valence-electron chi connectivity index (χ0n) is 11.4. The molecule has 0 heterocycles. The lowest BCUT2D eigenvalue weighted by atomic mass is 9.82. The Morgan fingerprint density at radius 3 is 2.45 bits per heavy atom. The Hall–Kier alpha value is -1.83. The molecule has 0 saturated heterocycles. The first kappa shape index (κ1) is 16.2. The van der Waals surface area contributed by atoms with Crippen LogP contribution in [0.2, 0.25) is 0 Å². The first-order valence-electron chi connectivity index (χ1n) is 6.50. The van der Waals surface area contributed by atoms with Gasteiger partial charge in [0.25, 0.3) is 0 Å². The molecule has 8 heteroatoms. The fourth-order valence-corrected chi connectivity index (χ4v) is 2.12. The highest BCUT2D eigenvalue weighted by atomic mass is 16.4. The van der Waals surface area contributed by atoms with E-state index < -0.39 is 23.9 Å². The second-order valence-electron chi connectivity index (χ2n) is 5.22. The molecule has 114 valence electrons. The Balaban J connectivity index is 2.39. The molecule has 20 heavy (non-hydrogen) atoms. The number of aliphatic hydroxyl groups is 1. The second-order valence-corrected chi connectivity index (χ2v) is 5.22. The Kier molecular flexibility index (Phi) is 5.75. The van der Waals surface area contributed by atoms with Gasteiger partial charge < -0.3 is 26.2 Å². The van der Waals surface area contributed by atoms with E-state index in [1.807, 2.05) is 0 Å². The molecule has 0 radical (unpaired) electrons. The van der Waals surface area contributed by atoms with Crippen molar-refractivity contribution in [2.24, 2.45) is 11.7 Å². The summed E-state index contributed by atoms with van der Waals surface area (Å²) in [7, 11) is 1.56. The number of hydrogen-bond acceptors (Lipinski definition) is 4. The number of carboxylic acids is 1. The van der Waals surface area contributed by atoms with Crippen LogP contribution in [0.5, 0.6) is 0 Å². The van der Waals surface area contributed by atoms with Crippen molar-refractivity contribution < 1.29 is 24.6 Å². The smallest absolute Gasteiger partial charge is 0.326 e. The van der Waals surface area contributed by atoms with Crippen LogP contribution in [0.1, 0.15) is 25.7 Å². The van der Waals surface area contributed by atoms with Crippen LogP contribution in [0.25, 0.3) is 0 Å². The third-order valence-corrected chi connectivity index (χ3v) is 3.36. The number of carbonyl (C=O) groups is 3. The highest BCUT2D eigenvalue weighted by molar-refractivity contribution is 5.83. The summed E-state index contributed by atoms with van der Waals surface area (Å²) in [6.07, 6.45) is 0.879. The van der Waals surface area contributed by atoms with Gasteiger partial charge >= 0.3 is 12.0 Å². The van der Waals surface area contributed by atoms with Crippen LogP contribution in [0.3, 0.4) is 0 Å². The Morgan fingerprint density at radius 2 is 2.00 bits per heavy atom. The van der Waals surface area contributed by atoms with Crippen molar-refractivity contribution in [2.75, 3.05) is 13.6 Å². The van der Waals surface area contributed by atoms with E-state index in [4.69, 9.17) is 15.9 Å². The number of carbonyl (C=O) groups excluding carboxylic acids is 2. The lowest BCUT2D eigenvalue weighted by Crippen LogP contribution is -2.49. The fraction of sp³-hybridized carbons (Fsp3) is 0.750. The average Bonchev–Trinajstić information content (AvgIpc) is 2.31. The molecule has 0 aromatic carbocycles. The quantitative estimate of drug-likeness (QED) is 0.482. The minimum Gasteiger partial charge on any atom is -0.480 e. The first-order chi connectivity index (χ1) is 9.29. The van der Waals surface area contributed by atoms with Crippen LogP contribution in [0.4, 0.5) is 4.79 Å².